The van der Waals surface area contributed by atoms with Crippen LogP contribution in [-0.4, -0.2) is 40.9 Å². The highest BCUT2D eigenvalue weighted by atomic mass is 35.5. The van der Waals surface area contributed by atoms with E-state index in [0.29, 0.717) is 49.9 Å². The summed E-state index contributed by atoms with van der Waals surface area (Å²) in [5.41, 5.74) is -0.397. The summed E-state index contributed by atoms with van der Waals surface area (Å²) in [6.07, 6.45) is 3.77. The molecule has 0 saturated carbocycles. The molecule has 0 atom stereocenters. The monoisotopic (exact) mass is 352 g/mol. The molecular formula is C15H17ClN4O4. The molecule has 0 spiro atoms. The van der Waals surface area contributed by atoms with Crippen LogP contribution in [0, 0.1) is 0 Å². The zero-order chi connectivity index (χ0) is 17.0. The summed E-state index contributed by atoms with van der Waals surface area (Å²) in [6.45, 7) is 3.27. The van der Waals surface area contributed by atoms with Crippen LogP contribution < -0.4 is 10.1 Å². The average molecular weight is 353 g/mol. The summed E-state index contributed by atoms with van der Waals surface area (Å²) < 4.78 is 15.5. The van der Waals surface area contributed by atoms with Gasteiger partial charge in [0.1, 0.15) is 10.6 Å². The minimum absolute atomic E-state index is 0.282. The lowest BCUT2D eigenvalue weighted by Crippen LogP contribution is -2.50. The van der Waals surface area contributed by atoms with E-state index in [2.05, 4.69) is 20.4 Å². The van der Waals surface area contributed by atoms with Crippen LogP contribution in [0.2, 0.25) is 5.02 Å². The highest BCUT2D eigenvalue weighted by Crippen LogP contribution is 2.30. The van der Waals surface area contributed by atoms with Gasteiger partial charge >= 0.3 is 0 Å². The fourth-order valence-electron chi connectivity index (χ4n) is 2.59. The topological polar surface area (TPSA) is 99.4 Å². The van der Waals surface area contributed by atoms with Crippen LogP contribution >= 0.6 is 11.6 Å². The van der Waals surface area contributed by atoms with Gasteiger partial charge in [-0.05, 0) is 13.0 Å². The van der Waals surface area contributed by atoms with Crippen molar-refractivity contribution in [1.82, 2.24) is 20.4 Å². The van der Waals surface area contributed by atoms with Crippen molar-refractivity contribution in [3.05, 3.63) is 35.1 Å². The standard InChI is InChI=1S/C15H17ClN4O4/c1-2-23-13-11(16)7-10(8-17-13)12(21)19-15(3-5-22-6-4-15)14-18-9-24-20-14/h7-9H,2-6H2,1H3,(H,19,21). The van der Waals surface area contributed by atoms with E-state index in [1.54, 1.807) is 0 Å². The minimum atomic E-state index is -0.729. The molecule has 2 aromatic heterocycles. The number of rotatable bonds is 5. The van der Waals surface area contributed by atoms with E-state index < -0.39 is 5.54 Å². The minimum Gasteiger partial charge on any atom is -0.477 e. The lowest BCUT2D eigenvalue weighted by molar-refractivity contribution is 0.0306. The third kappa shape index (κ3) is 3.34. The second kappa shape index (κ2) is 7.14. The molecule has 2 aromatic rings. The SMILES string of the molecule is CCOc1ncc(C(=O)NC2(c3ncon3)CCOCC2)cc1Cl. The predicted octanol–water partition coefficient (Wildman–Crippen LogP) is 1.95. The molecule has 1 fully saturated rings. The molecule has 128 valence electrons. The first-order valence-corrected chi connectivity index (χ1v) is 7.98. The fraction of sp³-hybridized carbons (Fsp3) is 0.467. The predicted molar refractivity (Wildman–Crippen MR) is 83.9 cm³/mol. The van der Waals surface area contributed by atoms with Crippen LogP contribution in [0.3, 0.4) is 0 Å². The van der Waals surface area contributed by atoms with Gasteiger partial charge in [-0.15, -0.1) is 0 Å². The smallest absolute Gasteiger partial charge is 0.253 e. The number of hydrogen-bond donors (Lipinski definition) is 1. The van der Waals surface area contributed by atoms with Gasteiger partial charge in [0, 0.05) is 32.3 Å². The normalized spacial score (nSPS) is 16.6. The number of nitrogens with one attached hydrogen (secondary N) is 1. The number of pyridine rings is 1. The molecule has 0 aromatic carbocycles. The van der Waals surface area contributed by atoms with Crippen molar-refractivity contribution in [3.8, 4) is 5.88 Å². The number of amides is 1. The van der Waals surface area contributed by atoms with Crippen molar-refractivity contribution >= 4 is 17.5 Å². The van der Waals surface area contributed by atoms with Crippen molar-refractivity contribution in [2.75, 3.05) is 19.8 Å². The second-order valence-electron chi connectivity index (χ2n) is 5.35. The highest BCUT2D eigenvalue weighted by Gasteiger charge is 2.40. The maximum absolute atomic E-state index is 12.7. The molecule has 1 N–H and O–H groups in total. The molecule has 9 heteroatoms. The Kier molecular flexibility index (Phi) is 4.96. The van der Waals surface area contributed by atoms with Crippen molar-refractivity contribution < 1.29 is 18.8 Å². The lowest BCUT2D eigenvalue weighted by Gasteiger charge is -2.35. The van der Waals surface area contributed by atoms with Gasteiger partial charge in [-0.2, -0.15) is 4.98 Å². The maximum atomic E-state index is 12.7. The van der Waals surface area contributed by atoms with Gasteiger partial charge in [-0.25, -0.2) is 4.98 Å². The van der Waals surface area contributed by atoms with Gasteiger partial charge in [-0.1, -0.05) is 16.8 Å². The summed E-state index contributed by atoms with van der Waals surface area (Å²) in [7, 11) is 0. The van der Waals surface area contributed by atoms with E-state index in [9.17, 15) is 4.79 Å². The molecule has 0 bridgehead atoms. The zero-order valence-corrected chi connectivity index (χ0v) is 13.9. The molecule has 1 amide bonds. The van der Waals surface area contributed by atoms with E-state index in [4.69, 9.17) is 25.6 Å². The number of halogens is 1. The third-order valence-electron chi connectivity index (χ3n) is 3.84. The van der Waals surface area contributed by atoms with Crippen molar-refractivity contribution in [2.45, 2.75) is 25.3 Å². The Balaban J connectivity index is 1.82. The Morgan fingerprint density at radius 1 is 1.42 bits per heavy atom. The first-order valence-electron chi connectivity index (χ1n) is 7.60. The molecule has 1 aliphatic heterocycles. The Hall–Kier alpha value is -2.19. The van der Waals surface area contributed by atoms with Crippen molar-refractivity contribution in [3.63, 3.8) is 0 Å². The summed E-state index contributed by atoms with van der Waals surface area (Å²) in [4.78, 5) is 20.8. The Labute approximate surface area is 143 Å². The van der Waals surface area contributed by atoms with E-state index in [0.717, 1.165) is 0 Å². The van der Waals surface area contributed by atoms with E-state index in [1.807, 2.05) is 6.92 Å². The first-order chi connectivity index (χ1) is 11.6. The Bertz CT molecular complexity index is 702. The van der Waals surface area contributed by atoms with Gasteiger partial charge in [-0.3, -0.25) is 4.79 Å². The molecule has 3 rings (SSSR count). The number of carbonyl (C=O) groups excluding carboxylic acids is 1. The second-order valence-corrected chi connectivity index (χ2v) is 5.75. The highest BCUT2D eigenvalue weighted by molar-refractivity contribution is 6.32. The Morgan fingerprint density at radius 2 is 2.21 bits per heavy atom. The molecule has 0 unspecified atom stereocenters. The van der Waals surface area contributed by atoms with Crippen LogP contribution in [0.15, 0.2) is 23.2 Å². The third-order valence-corrected chi connectivity index (χ3v) is 4.11. The molecule has 0 aliphatic carbocycles. The zero-order valence-electron chi connectivity index (χ0n) is 13.1. The van der Waals surface area contributed by atoms with Crippen LogP contribution in [0.5, 0.6) is 5.88 Å². The Morgan fingerprint density at radius 3 is 2.83 bits per heavy atom. The number of hydrogen-bond acceptors (Lipinski definition) is 7. The van der Waals surface area contributed by atoms with Gasteiger partial charge in [0.15, 0.2) is 5.82 Å². The summed E-state index contributed by atoms with van der Waals surface area (Å²) in [6, 6.07) is 1.53. The number of aromatic nitrogens is 3. The van der Waals surface area contributed by atoms with Gasteiger partial charge in [0.05, 0.1) is 12.2 Å². The van der Waals surface area contributed by atoms with E-state index in [-0.39, 0.29) is 10.9 Å². The van der Waals surface area contributed by atoms with Crippen LogP contribution in [0.1, 0.15) is 35.9 Å². The molecule has 1 aliphatic rings. The van der Waals surface area contributed by atoms with Gasteiger partial charge in [0.2, 0.25) is 12.3 Å². The quantitative estimate of drug-likeness (QED) is 0.877. The molecule has 1 saturated heterocycles. The number of nitrogens with zero attached hydrogens (tertiary/aromatic N) is 3. The van der Waals surface area contributed by atoms with Gasteiger partial charge < -0.3 is 19.3 Å². The maximum Gasteiger partial charge on any atom is 0.253 e. The number of ether oxygens (including phenoxy) is 2. The van der Waals surface area contributed by atoms with Crippen molar-refractivity contribution in [2.24, 2.45) is 0 Å². The lowest BCUT2D eigenvalue weighted by atomic mass is 9.88. The fourth-order valence-corrected chi connectivity index (χ4v) is 2.81. The largest absolute Gasteiger partial charge is 0.477 e. The van der Waals surface area contributed by atoms with E-state index >= 15 is 0 Å². The molecular weight excluding hydrogens is 336 g/mol. The molecule has 3 heterocycles. The molecule has 0 radical (unpaired) electrons. The summed E-state index contributed by atoms with van der Waals surface area (Å²) in [5, 5.41) is 7.17. The molecule has 8 nitrogen and oxygen atoms in total. The summed E-state index contributed by atoms with van der Waals surface area (Å²) >= 11 is 6.10. The van der Waals surface area contributed by atoms with E-state index in [1.165, 1.54) is 18.7 Å². The number of carbonyl (C=O) groups is 1. The average Bonchev–Trinajstić information content (AvgIpc) is 3.13. The van der Waals surface area contributed by atoms with Crippen LogP contribution in [0.25, 0.3) is 0 Å². The van der Waals surface area contributed by atoms with Gasteiger partial charge in [0.25, 0.3) is 5.91 Å². The van der Waals surface area contributed by atoms with Crippen molar-refractivity contribution in [1.29, 1.82) is 0 Å². The van der Waals surface area contributed by atoms with Crippen LogP contribution in [0.4, 0.5) is 0 Å². The van der Waals surface area contributed by atoms with Crippen LogP contribution in [-0.2, 0) is 10.3 Å². The first kappa shape index (κ1) is 16.7. The molecule has 24 heavy (non-hydrogen) atoms. The summed E-state index contributed by atoms with van der Waals surface area (Å²) in [5.74, 6) is 0.415.